The van der Waals surface area contributed by atoms with Gasteiger partial charge in [0.15, 0.2) is 5.13 Å². The number of halogens is 3. The van der Waals surface area contributed by atoms with Crippen molar-refractivity contribution in [3.63, 3.8) is 0 Å². The first-order valence-electron chi connectivity index (χ1n) is 9.45. The third kappa shape index (κ3) is 5.57. The molecule has 0 spiro atoms. The van der Waals surface area contributed by atoms with Crippen LogP contribution in [0.5, 0.6) is 0 Å². The SMILES string of the molecule is Cc1nc(NC(=O)CN(CC2CCCO2)C(=O)c2cccc(C(F)(F)F)c2)sc1C. The van der Waals surface area contributed by atoms with Crippen molar-refractivity contribution in [3.05, 3.63) is 46.0 Å². The summed E-state index contributed by atoms with van der Waals surface area (Å²) in [6, 6.07) is 4.20. The molecule has 162 valence electrons. The molecular formula is C20H22F3N3O3S. The standard InChI is InChI=1S/C20H22F3N3O3S/c1-12-13(2)30-19(24-12)25-17(27)11-26(10-16-7-4-8-29-16)18(28)14-5-3-6-15(9-14)20(21,22)23/h3,5-6,9,16H,4,7-8,10-11H2,1-2H3,(H,24,25,27). The van der Waals surface area contributed by atoms with Crippen molar-refractivity contribution in [2.24, 2.45) is 0 Å². The number of nitrogens with one attached hydrogen (secondary N) is 1. The fraction of sp³-hybridized carbons (Fsp3) is 0.450. The molecular weight excluding hydrogens is 419 g/mol. The molecule has 0 bridgehead atoms. The second-order valence-corrected chi connectivity index (χ2v) is 8.31. The molecule has 1 aliphatic rings. The molecule has 1 aromatic heterocycles. The van der Waals surface area contributed by atoms with Crippen LogP contribution in [0.2, 0.25) is 0 Å². The van der Waals surface area contributed by atoms with Crippen LogP contribution < -0.4 is 5.32 Å². The van der Waals surface area contributed by atoms with Crippen molar-refractivity contribution in [1.29, 1.82) is 0 Å². The summed E-state index contributed by atoms with van der Waals surface area (Å²) in [6.07, 6.45) is -3.26. The minimum atomic E-state index is -4.56. The van der Waals surface area contributed by atoms with Gasteiger partial charge in [0, 0.05) is 23.6 Å². The van der Waals surface area contributed by atoms with Gasteiger partial charge in [-0.15, -0.1) is 11.3 Å². The van der Waals surface area contributed by atoms with Crippen LogP contribution in [0, 0.1) is 13.8 Å². The maximum Gasteiger partial charge on any atom is 0.416 e. The first-order chi connectivity index (χ1) is 14.1. The van der Waals surface area contributed by atoms with E-state index in [2.05, 4.69) is 10.3 Å². The summed E-state index contributed by atoms with van der Waals surface area (Å²) in [7, 11) is 0. The third-order valence-electron chi connectivity index (χ3n) is 4.78. The smallest absolute Gasteiger partial charge is 0.376 e. The van der Waals surface area contributed by atoms with E-state index in [0.717, 1.165) is 35.5 Å². The number of nitrogens with zero attached hydrogens (tertiary/aromatic N) is 2. The third-order valence-corrected chi connectivity index (χ3v) is 5.77. The average Bonchev–Trinajstić information content (AvgIpc) is 3.29. The van der Waals surface area contributed by atoms with Gasteiger partial charge < -0.3 is 15.0 Å². The Kier molecular flexibility index (Phi) is 6.77. The lowest BCUT2D eigenvalue weighted by Crippen LogP contribution is -2.42. The number of aromatic nitrogens is 1. The second kappa shape index (κ2) is 9.13. The quantitative estimate of drug-likeness (QED) is 0.735. The lowest BCUT2D eigenvalue weighted by Gasteiger charge is -2.25. The first kappa shape index (κ1) is 22.2. The monoisotopic (exact) mass is 441 g/mol. The Morgan fingerprint density at radius 1 is 1.33 bits per heavy atom. The molecule has 1 saturated heterocycles. The first-order valence-corrected chi connectivity index (χ1v) is 10.3. The largest absolute Gasteiger partial charge is 0.416 e. The number of anilines is 1. The molecule has 0 radical (unpaired) electrons. The summed E-state index contributed by atoms with van der Waals surface area (Å²) in [5.74, 6) is -1.12. The highest BCUT2D eigenvalue weighted by atomic mass is 32.1. The maximum atomic E-state index is 13.0. The van der Waals surface area contributed by atoms with Crippen molar-refractivity contribution in [3.8, 4) is 0 Å². The molecule has 1 atom stereocenters. The van der Waals surface area contributed by atoms with Crippen molar-refractivity contribution in [2.45, 2.75) is 39.0 Å². The molecule has 0 saturated carbocycles. The summed E-state index contributed by atoms with van der Waals surface area (Å²) in [5.41, 5.74) is -0.244. The molecule has 2 heterocycles. The van der Waals surface area contributed by atoms with Crippen molar-refractivity contribution < 1.29 is 27.5 Å². The zero-order valence-corrected chi connectivity index (χ0v) is 17.4. The molecule has 2 amide bonds. The Labute approximate surface area is 176 Å². The number of thiazole rings is 1. The highest BCUT2D eigenvalue weighted by Crippen LogP contribution is 2.30. The number of carbonyl (C=O) groups is 2. The van der Waals surface area contributed by atoms with E-state index in [1.165, 1.54) is 28.4 Å². The van der Waals surface area contributed by atoms with Gasteiger partial charge in [-0.25, -0.2) is 4.98 Å². The molecule has 3 rings (SSSR count). The van der Waals surface area contributed by atoms with E-state index in [9.17, 15) is 22.8 Å². The van der Waals surface area contributed by atoms with Gasteiger partial charge in [-0.05, 0) is 44.9 Å². The van der Waals surface area contributed by atoms with Crippen molar-refractivity contribution in [1.82, 2.24) is 9.88 Å². The van der Waals surface area contributed by atoms with Crippen LogP contribution in [0.15, 0.2) is 24.3 Å². The van der Waals surface area contributed by atoms with E-state index in [0.29, 0.717) is 11.7 Å². The van der Waals surface area contributed by atoms with Gasteiger partial charge in [0.25, 0.3) is 5.91 Å². The number of carbonyl (C=O) groups excluding carboxylic acids is 2. The second-order valence-electron chi connectivity index (χ2n) is 7.11. The summed E-state index contributed by atoms with van der Waals surface area (Å²) >= 11 is 1.32. The molecule has 0 aliphatic carbocycles. The lowest BCUT2D eigenvalue weighted by molar-refractivity contribution is -0.137. The number of hydrogen-bond donors (Lipinski definition) is 1. The van der Waals surface area contributed by atoms with E-state index in [1.54, 1.807) is 0 Å². The molecule has 10 heteroatoms. The van der Waals surface area contributed by atoms with Crippen LogP contribution in [0.3, 0.4) is 0 Å². The summed E-state index contributed by atoms with van der Waals surface area (Å²) in [6.45, 7) is 4.07. The Morgan fingerprint density at radius 2 is 2.10 bits per heavy atom. The van der Waals surface area contributed by atoms with Gasteiger partial charge in [0.1, 0.15) is 6.54 Å². The maximum absolute atomic E-state index is 13.0. The van der Waals surface area contributed by atoms with Crippen LogP contribution in [0.1, 0.15) is 39.3 Å². The van der Waals surface area contributed by atoms with Gasteiger partial charge in [-0.2, -0.15) is 13.2 Å². The minimum Gasteiger partial charge on any atom is -0.376 e. The Bertz CT molecular complexity index is 904. The molecule has 1 fully saturated rings. The number of rotatable bonds is 6. The Morgan fingerprint density at radius 3 is 2.70 bits per heavy atom. The van der Waals surface area contributed by atoms with E-state index in [-0.39, 0.29) is 24.8 Å². The van der Waals surface area contributed by atoms with Crippen molar-refractivity contribution in [2.75, 3.05) is 25.0 Å². The number of ether oxygens (including phenoxy) is 1. The highest BCUT2D eigenvalue weighted by molar-refractivity contribution is 7.15. The van der Waals surface area contributed by atoms with Gasteiger partial charge in [0.05, 0.1) is 17.4 Å². The predicted molar refractivity (Wildman–Crippen MR) is 107 cm³/mol. The fourth-order valence-corrected chi connectivity index (χ4v) is 3.95. The van der Waals surface area contributed by atoms with Crippen molar-refractivity contribution >= 4 is 28.3 Å². The molecule has 1 N–H and O–H groups in total. The van der Waals surface area contributed by atoms with Gasteiger partial charge in [-0.3, -0.25) is 9.59 Å². The van der Waals surface area contributed by atoms with E-state index in [1.807, 2.05) is 13.8 Å². The highest BCUT2D eigenvalue weighted by Gasteiger charge is 2.32. The van der Waals surface area contributed by atoms with E-state index >= 15 is 0 Å². The van der Waals surface area contributed by atoms with Gasteiger partial charge >= 0.3 is 6.18 Å². The molecule has 1 aromatic carbocycles. The number of alkyl halides is 3. The number of aryl methyl sites for hydroxylation is 2. The van der Waals surface area contributed by atoms with E-state index in [4.69, 9.17) is 4.74 Å². The van der Waals surface area contributed by atoms with Gasteiger partial charge in [0.2, 0.25) is 5.91 Å². The van der Waals surface area contributed by atoms with Crippen LogP contribution in [-0.2, 0) is 15.7 Å². The molecule has 30 heavy (non-hydrogen) atoms. The lowest BCUT2D eigenvalue weighted by atomic mass is 10.1. The zero-order chi connectivity index (χ0) is 21.9. The average molecular weight is 441 g/mol. The Hall–Kier alpha value is -2.46. The molecule has 1 aliphatic heterocycles. The van der Waals surface area contributed by atoms with Crippen LogP contribution >= 0.6 is 11.3 Å². The minimum absolute atomic E-state index is 0.123. The number of hydrogen-bond acceptors (Lipinski definition) is 5. The molecule has 1 unspecified atom stereocenters. The summed E-state index contributed by atoms with van der Waals surface area (Å²) < 4.78 is 44.6. The summed E-state index contributed by atoms with van der Waals surface area (Å²) in [5, 5.41) is 3.07. The number of amides is 2. The number of benzene rings is 1. The van der Waals surface area contributed by atoms with Crippen LogP contribution in [0.25, 0.3) is 0 Å². The van der Waals surface area contributed by atoms with Gasteiger partial charge in [-0.1, -0.05) is 6.07 Å². The molecule has 6 nitrogen and oxygen atoms in total. The van der Waals surface area contributed by atoms with E-state index < -0.39 is 23.6 Å². The van der Waals surface area contributed by atoms with Crippen LogP contribution in [0.4, 0.5) is 18.3 Å². The summed E-state index contributed by atoms with van der Waals surface area (Å²) in [4.78, 5) is 31.9. The fourth-order valence-electron chi connectivity index (χ4n) is 3.12. The molecule has 2 aromatic rings. The van der Waals surface area contributed by atoms with Crippen LogP contribution in [-0.4, -0.2) is 47.5 Å². The predicted octanol–water partition coefficient (Wildman–Crippen LogP) is 4.04. The normalized spacial score (nSPS) is 16.5. The topological polar surface area (TPSA) is 71.5 Å². The Balaban J connectivity index is 1.77. The zero-order valence-electron chi connectivity index (χ0n) is 16.6.